The fraction of sp³-hybridized carbons (Fsp3) is 0.300. The number of ether oxygens (including phenoxy) is 2. The van der Waals surface area contributed by atoms with Gasteiger partial charge >= 0.3 is 5.97 Å². The van der Waals surface area contributed by atoms with Gasteiger partial charge in [-0.05, 0) is 92.8 Å². The molecule has 0 heterocycles. The molecule has 1 saturated carbocycles. The second-order valence-electron chi connectivity index (χ2n) is 9.06. The fourth-order valence-corrected chi connectivity index (χ4v) is 4.80. The lowest BCUT2D eigenvalue weighted by molar-refractivity contribution is 0.0726. The molecule has 0 radical (unpaired) electrons. The smallest absolute Gasteiger partial charge is 0.343 e. The van der Waals surface area contributed by atoms with E-state index in [1.807, 2.05) is 13.0 Å². The van der Waals surface area contributed by atoms with Gasteiger partial charge in [-0.15, -0.1) is 0 Å². The van der Waals surface area contributed by atoms with Gasteiger partial charge < -0.3 is 9.47 Å². The van der Waals surface area contributed by atoms with Gasteiger partial charge in [-0.2, -0.15) is 8.78 Å². The van der Waals surface area contributed by atoms with E-state index in [9.17, 15) is 22.4 Å². The molecule has 0 unspecified atom stereocenters. The normalized spacial score (nSPS) is 17.7. The lowest BCUT2D eigenvalue weighted by atomic mass is 9.78. The predicted octanol–water partition coefficient (Wildman–Crippen LogP) is 8.38. The minimum atomic E-state index is -1.20. The van der Waals surface area contributed by atoms with Gasteiger partial charge in [0.15, 0.2) is 23.1 Å². The second kappa shape index (κ2) is 11.6. The van der Waals surface area contributed by atoms with Crippen LogP contribution in [-0.4, -0.2) is 12.6 Å². The third-order valence-electron chi connectivity index (χ3n) is 6.73. The number of benzene rings is 3. The molecule has 0 aliphatic heterocycles. The monoisotopic (exact) mass is 512 g/mol. The zero-order chi connectivity index (χ0) is 26.5. The Hall–Kier alpha value is -3.61. The summed E-state index contributed by atoms with van der Waals surface area (Å²) in [6.45, 7) is 3.82. The Bertz CT molecular complexity index is 1290. The maximum absolute atomic E-state index is 14.9. The molecule has 1 aliphatic carbocycles. The first-order valence-electron chi connectivity index (χ1n) is 12.4. The lowest BCUT2D eigenvalue weighted by Crippen LogP contribution is -2.15. The van der Waals surface area contributed by atoms with E-state index in [1.165, 1.54) is 48.5 Å². The molecule has 3 aromatic carbocycles. The van der Waals surface area contributed by atoms with Crippen LogP contribution in [0.25, 0.3) is 11.1 Å². The predicted molar refractivity (Wildman–Crippen MR) is 134 cm³/mol. The Morgan fingerprint density at radius 2 is 1.49 bits per heavy atom. The third-order valence-corrected chi connectivity index (χ3v) is 6.73. The van der Waals surface area contributed by atoms with Crippen LogP contribution in [0.5, 0.6) is 11.5 Å². The standard InChI is InChI=1S/C30H28F4O3/c1-3-5-18-6-8-19(9-7-18)23-15-17-25(29(34)27(23)32)37-30(35)21-12-10-20(11-13-21)22-14-16-24(36-4-2)28(33)26(22)31/h3,5,10-19H,4,6-9H2,1-2H3. The van der Waals surface area contributed by atoms with Crippen molar-refractivity contribution in [2.75, 3.05) is 6.61 Å². The van der Waals surface area contributed by atoms with Crippen LogP contribution < -0.4 is 9.47 Å². The summed E-state index contributed by atoms with van der Waals surface area (Å²) in [5.41, 5.74) is 0.651. The topological polar surface area (TPSA) is 35.5 Å². The van der Waals surface area contributed by atoms with Crippen molar-refractivity contribution < 1.29 is 31.8 Å². The number of esters is 1. The molecule has 0 atom stereocenters. The maximum Gasteiger partial charge on any atom is 0.343 e. The molecule has 1 fully saturated rings. The highest BCUT2D eigenvalue weighted by Gasteiger charge is 2.26. The molecule has 4 rings (SSSR count). The molecule has 37 heavy (non-hydrogen) atoms. The molecule has 0 amide bonds. The van der Waals surface area contributed by atoms with Gasteiger partial charge in [-0.25, -0.2) is 13.6 Å². The van der Waals surface area contributed by atoms with E-state index < -0.39 is 35.0 Å². The Kier molecular flexibility index (Phi) is 8.31. The Morgan fingerprint density at radius 3 is 2.14 bits per heavy atom. The molecular weight excluding hydrogens is 484 g/mol. The van der Waals surface area contributed by atoms with Crippen molar-refractivity contribution in [1.29, 1.82) is 0 Å². The molecule has 0 aromatic heterocycles. The fourth-order valence-electron chi connectivity index (χ4n) is 4.80. The summed E-state index contributed by atoms with van der Waals surface area (Å²) in [5, 5.41) is 0. The van der Waals surface area contributed by atoms with Gasteiger partial charge in [-0.3, -0.25) is 0 Å². The van der Waals surface area contributed by atoms with Crippen molar-refractivity contribution in [2.24, 2.45) is 5.92 Å². The van der Waals surface area contributed by atoms with E-state index in [-0.39, 0.29) is 29.4 Å². The van der Waals surface area contributed by atoms with Crippen LogP contribution in [0.1, 0.15) is 61.4 Å². The zero-order valence-corrected chi connectivity index (χ0v) is 20.7. The van der Waals surface area contributed by atoms with Crippen molar-refractivity contribution in [3.8, 4) is 22.6 Å². The van der Waals surface area contributed by atoms with Crippen LogP contribution >= 0.6 is 0 Å². The van der Waals surface area contributed by atoms with E-state index >= 15 is 0 Å². The number of carbonyl (C=O) groups excluding carboxylic acids is 1. The number of carbonyl (C=O) groups is 1. The highest BCUT2D eigenvalue weighted by Crippen LogP contribution is 2.39. The summed E-state index contributed by atoms with van der Waals surface area (Å²) in [5.74, 6) is -5.59. The number of allylic oxidation sites excluding steroid dienone is 2. The van der Waals surface area contributed by atoms with Crippen LogP contribution in [-0.2, 0) is 0 Å². The number of rotatable bonds is 7. The Labute approximate surface area is 213 Å². The van der Waals surface area contributed by atoms with Crippen molar-refractivity contribution in [1.82, 2.24) is 0 Å². The largest absolute Gasteiger partial charge is 0.491 e. The number of halogens is 4. The third kappa shape index (κ3) is 5.71. The van der Waals surface area contributed by atoms with Gasteiger partial charge in [0.2, 0.25) is 11.6 Å². The second-order valence-corrected chi connectivity index (χ2v) is 9.06. The average molecular weight is 513 g/mol. The van der Waals surface area contributed by atoms with Crippen molar-refractivity contribution in [3.63, 3.8) is 0 Å². The summed E-state index contributed by atoms with van der Waals surface area (Å²) in [4.78, 5) is 12.6. The zero-order valence-electron chi connectivity index (χ0n) is 20.7. The van der Waals surface area contributed by atoms with E-state index in [2.05, 4.69) is 6.08 Å². The van der Waals surface area contributed by atoms with Crippen molar-refractivity contribution in [2.45, 2.75) is 45.4 Å². The van der Waals surface area contributed by atoms with Gasteiger partial charge in [0.05, 0.1) is 12.2 Å². The summed E-state index contributed by atoms with van der Waals surface area (Å²) < 4.78 is 68.5. The molecule has 194 valence electrons. The maximum atomic E-state index is 14.9. The minimum absolute atomic E-state index is 0.00988. The first kappa shape index (κ1) is 26.5. The minimum Gasteiger partial charge on any atom is -0.491 e. The molecule has 1 aliphatic rings. The van der Waals surface area contributed by atoms with Gasteiger partial charge in [-0.1, -0.05) is 30.4 Å². The molecular formula is C30H28F4O3. The Balaban J connectivity index is 1.46. The Morgan fingerprint density at radius 1 is 0.838 bits per heavy atom. The summed E-state index contributed by atoms with van der Waals surface area (Å²) in [6, 6.07) is 11.0. The molecule has 3 aromatic rings. The SMILES string of the molecule is CC=CC1CCC(c2ccc(OC(=O)c3ccc(-c4ccc(OCC)c(F)c4F)cc3)c(F)c2F)CC1. The van der Waals surface area contributed by atoms with Crippen LogP contribution in [0.3, 0.4) is 0 Å². The van der Waals surface area contributed by atoms with Crippen LogP contribution in [0.15, 0.2) is 60.7 Å². The van der Waals surface area contributed by atoms with Crippen LogP contribution in [0.2, 0.25) is 0 Å². The quantitative estimate of drug-likeness (QED) is 0.138. The molecule has 0 saturated heterocycles. The van der Waals surface area contributed by atoms with Crippen molar-refractivity contribution in [3.05, 3.63) is 95.1 Å². The molecule has 0 bridgehead atoms. The summed E-state index contributed by atoms with van der Waals surface area (Å²) in [6.07, 6.45) is 7.51. The molecule has 7 heteroatoms. The molecule has 3 nitrogen and oxygen atoms in total. The average Bonchev–Trinajstić information content (AvgIpc) is 2.91. The molecule has 0 N–H and O–H groups in total. The van der Waals surface area contributed by atoms with E-state index in [4.69, 9.17) is 9.47 Å². The van der Waals surface area contributed by atoms with E-state index in [1.54, 1.807) is 6.92 Å². The van der Waals surface area contributed by atoms with Gasteiger partial charge in [0, 0.05) is 5.56 Å². The van der Waals surface area contributed by atoms with Gasteiger partial charge in [0.25, 0.3) is 0 Å². The summed E-state index contributed by atoms with van der Waals surface area (Å²) in [7, 11) is 0. The highest BCUT2D eigenvalue weighted by molar-refractivity contribution is 5.91. The lowest BCUT2D eigenvalue weighted by Gasteiger charge is -2.27. The highest BCUT2D eigenvalue weighted by atomic mass is 19.2. The van der Waals surface area contributed by atoms with Crippen LogP contribution in [0.4, 0.5) is 17.6 Å². The number of hydrogen-bond acceptors (Lipinski definition) is 3. The van der Waals surface area contributed by atoms with Gasteiger partial charge in [0.1, 0.15) is 0 Å². The molecule has 0 spiro atoms. The van der Waals surface area contributed by atoms with E-state index in [0.717, 1.165) is 25.7 Å². The first-order valence-corrected chi connectivity index (χ1v) is 12.4. The van der Waals surface area contributed by atoms with E-state index in [0.29, 0.717) is 17.0 Å². The van der Waals surface area contributed by atoms with Crippen molar-refractivity contribution >= 4 is 5.97 Å². The summed E-state index contributed by atoms with van der Waals surface area (Å²) >= 11 is 0. The first-order chi connectivity index (χ1) is 17.8. The van der Waals surface area contributed by atoms with Crippen LogP contribution in [0, 0.1) is 29.2 Å². The number of hydrogen-bond donors (Lipinski definition) is 0.